The number of hydrogen-bond acceptors (Lipinski definition) is 5. The average Bonchev–Trinajstić information content (AvgIpc) is 2.87. The highest BCUT2D eigenvalue weighted by Crippen LogP contribution is 2.22. The summed E-state index contributed by atoms with van der Waals surface area (Å²) in [5.74, 6) is 0.426. The topological polar surface area (TPSA) is 92.9 Å². The highest BCUT2D eigenvalue weighted by Gasteiger charge is 2.18. The molecule has 126 valence electrons. The number of hydrogen-bond donors (Lipinski definition) is 2. The summed E-state index contributed by atoms with van der Waals surface area (Å²) in [5, 5.41) is 10.7. The summed E-state index contributed by atoms with van der Waals surface area (Å²) in [4.78, 5) is 30.5. The first kappa shape index (κ1) is 18.1. The third kappa shape index (κ3) is 4.00. The van der Waals surface area contributed by atoms with E-state index in [9.17, 15) is 14.7 Å². The number of H-pyrrole nitrogens is 1. The van der Waals surface area contributed by atoms with E-state index in [1.54, 1.807) is 17.6 Å². The largest absolute Gasteiger partial charge is 0.391 e. The van der Waals surface area contributed by atoms with Crippen LogP contribution in [0.2, 0.25) is 0 Å². The molecule has 2 N–H and O–H groups in total. The minimum atomic E-state index is -0.692. The zero-order chi connectivity index (χ0) is 17.1. The van der Waals surface area contributed by atoms with Crippen LogP contribution < -0.4 is 11.2 Å². The molecular formula is C13H16Cl2N4O3S. The van der Waals surface area contributed by atoms with E-state index in [1.807, 2.05) is 0 Å². The minimum absolute atomic E-state index is 0.104. The van der Waals surface area contributed by atoms with Crippen molar-refractivity contribution in [3.05, 3.63) is 31.9 Å². The van der Waals surface area contributed by atoms with Crippen LogP contribution in [-0.4, -0.2) is 41.9 Å². The lowest BCUT2D eigenvalue weighted by Crippen LogP contribution is -2.29. The van der Waals surface area contributed by atoms with Crippen LogP contribution in [0, 0.1) is 0 Å². The van der Waals surface area contributed by atoms with Gasteiger partial charge in [0, 0.05) is 30.3 Å². The number of aromatic nitrogens is 4. The first-order valence-corrected chi connectivity index (χ1v) is 8.63. The van der Waals surface area contributed by atoms with Gasteiger partial charge in [0.1, 0.15) is 0 Å². The Kier molecular flexibility index (Phi) is 5.96. The maximum absolute atomic E-state index is 12.2. The summed E-state index contributed by atoms with van der Waals surface area (Å²) in [7, 11) is 1.53. The van der Waals surface area contributed by atoms with Crippen molar-refractivity contribution < 1.29 is 5.11 Å². The number of nitrogens with zero attached hydrogens (tertiary/aromatic N) is 3. The average molecular weight is 379 g/mol. The van der Waals surface area contributed by atoms with Crippen molar-refractivity contribution in [2.75, 3.05) is 11.6 Å². The number of allylic oxidation sites excluding steroid dienone is 2. The van der Waals surface area contributed by atoms with Gasteiger partial charge in [0.25, 0.3) is 5.56 Å². The van der Waals surface area contributed by atoms with Crippen LogP contribution in [0.15, 0.2) is 25.9 Å². The molecule has 0 aliphatic rings. The highest BCUT2D eigenvalue weighted by molar-refractivity contribution is 7.99. The molecule has 0 aliphatic carbocycles. The molecule has 2 aromatic heterocycles. The summed E-state index contributed by atoms with van der Waals surface area (Å²) in [6, 6.07) is 0. The molecular weight excluding hydrogens is 363 g/mol. The van der Waals surface area contributed by atoms with Crippen molar-refractivity contribution in [2.24, 2.45) is 7.05 Å². The SMILES string of the molecule is CC(Cl)=CCn1c(SCC(O)CCl)nc2c1c(=O)[nH]c(=O)n2C. The molecule has 0 aromatic carbocycles. The van der Waals surface area contributed by atoms with E-state index in [1.165, 1.54) is 23.4 Å². The Morgan fingerprint density at radius 2 is 2.22 bits per heavy atom. The summed E-state index contributed by atoms with van der Waals surface area (Å²) in [6.45, 7) is 2.05. The van der Waals surface area contributed by atoms with E-state index < -0.39 is 17.4 Å². The van der Waals surface area contributed by atoms with Crippen molar-refractivity contribution in [1.82, 2.24) is 19.1 Å². The van der Waals surface area contributed by atoms with Crippen molar-refractivity contribution >= 4 is 46.1 Å². The predicted molar refractivity (Wildman–Crippen MR) is 92.7 cm³/mol. The number of imidazole rings is 1. The number of rotatable bonds is 6. The van der Waals surface area contributed by atoms with Gasteiger partial charge in [0.05, 0.1) is 6.10 Å². The number of aryl methyl sites for hydroxylation is 1. The Bertz CT molecular complexity index is 851. The third-order valence-electron chi connectivity index (χ3n) is 3.11. The van der Waals surface area contributed by atoms with Crippen LogP contribution in [0.4, 0.5) is 0 Å². The van der Waals surface area contributed by atoms with E-state index in [2.05, 4.69) is 9.97 Å². The van der Waals surface area contributed by atoms with E-state index in [4.69, 9.17) is 23.2 Å². The molecule has 0 bridgehead atoms. The maximum Gasteiger partial charge on any atom is 0.329 e. The molecule has 10 heteroatoms. The third-order valence-corrected chi connectivity index (χ3v) is 4.74. The second kappa shape index (κ2) is 7.57. The van der Waals surface area contributed by atoms with Crippen molar-refractivity contribution in [1.29, 1.82) is 0 Å². The Hall–Kier alpha value is -1.22. The molecule has 2 heterocycles. The van der Waals surface area contributed by atoms with Gasteiger partial charge in [0.15, 0.2) is 16.3 Å². The van der Waals surface area contributed by atoms with Crippen molar-refractivity contribution in [2.45, 2.75) is 24.7 Å². The summed E-state index contributed by atoms with van der Waals surface area (Å²) < 4.78 is 2.93. The smallest absolute Gasteiger partial charge is 0.329 e. The van der Waals surface area contributed by atoms with Gasteiger partial charge >= 0.3 is 5.69 Å². The molecule has 2 rings (SSSR count). The number of alkyl halides is 1. The van der Waals surface area contributed by atoms with Crippen LogP contribution >= 0.6 is 35.0 Å². The first-order chi connectivity index (χ1) is 10.8. The van der Waals surface area contributed by atoms with E-state index in [0.29, 0.717) is 22.5 Å². The number of nitrogens with one attached hydrogen (secondary N) is 1. The molecule has 7 nitrogen and oxygen atoms in total. The van der Waals surface area contributed by atoms with Gasteiger partial charge in [-0.25, -0.2) is 9.78 Å². The summed E-state index contributed by atoms with van der Waals surface area (Å²) in [6.07, 6.45) is 1.04. The lowest BCUT2D eigenvalue weighted by atomic mass is 10.4. The Morgan fingerprint density at radius 3 is 2.83 bits per heavy atom. The second-order valence-corrected chi connectivity index (χ2v) is 6.80. The number of halogens is 2. The van der Waals surface area contributed by atoms with Crippen LogP contribution in [-0.2, 0) is 13.6 Å². The second-order valence-electron chi connectivity index (χ2n) is 4.91. The highest BCUT2D eigenvalue weighted by atomic mass is 35.5. The fraction of sp³-hybridized carbons (Fsp3) is 0.462. The zero-order valence-corrected chi connectivity index (χ0v) is 14.9. The Balaban J connectivity index is 2.60. The first-order valence-electron chi connectivity index (χ1n) is 6.73. The molecule has 1 atom stereocenters. The number of aromatic amines is 1. The van der Waals surface area contributed by atoms with Gasteiger partial charge in [-0.15, -0.1) is 11.6 Å². The fourth-order valence-electron chi connectivity index (χ4n) is 1.93. The Labute approximate surface area is 145 Å². The fourth-order valence-corrected chi connectivity index (χ4v) is 3.17. The van der Waals surface area contributed by atoms with Gasteiger partial charge in [0.2, 0.25) is 0 Å². The number of thioether (sulfide) groups is 1. The van der Waals surface area contributed by atoms with E-state index >= 15 is 0 Å². The lowest BCUT2D eigenvalue weighted by molar-refractivity contribution is 0.223. The number of aliphatic hydroxyl groups is 1. The Morgan fingerprint density at radius 1 is 1.52 bits per heavy atom. The molecule has 0 saturated carbocycles. The molecule has 2 aromatic rings. The van der Waals surface area contributed by atoms with Gasteiger partial charge in [-0.1, -0.05) is 29.4 Å². The summed E-state index contributed by atoms with van der Waals surface area (Å²) in [5.41, 5.74) is -0.485. The van der Waals surface area contributed by atoms with Crippen molar-refractivity contribution in [3.63, 3.8) is 0 Å². The molecule has 0 radical (unpaired) electrons. The van der Waals surface area contributed by atoms with E-state index in [-0.39, 0.29) is 17.0 Å². The quantitative estimate of drug-likeness (QED) is 0.582. The number of fused-ring (bicyclic) bond motifs is 1. The lowest BCUT2D eigenvalue weighted by Gasteiger charge is -2.08. The monoisotopic (exact) mass is 378 g/mol. The van der Waals surface area contributed by atoms with Gasteiger partial charge in [-0.2, -0.15) is 0 Å². The zero-order valence-electron chi connectivity index (χ0n) is 12.5. The van der Waals surface area contributed by atoms with E-state index in [0.717, 1.165) is 0 Å². The van der Waals surface area contributed by atoms with Gasteiger partial charge in [-0.05, 0) is 6.92 Å². The number of aliphatic hydroxyl groups excluding tert-OH is 1. The van der Waals surface area contributed by atoms with Crippen LogP contribution in [0.25, 0.3) is 11.2 Å². The standard InChI is InChI=1S/C13H16Cl2N4O3S/c1-7(15)3-4-19-9-10(18(2)12(22)17-11(9)21)16-13(19)23-6-8(20)5-14/h3,8,20H,4-6H2,1-2H3,(H,17,21,22). The minimum Gasteiger partial charge on any atom is -0.391 e. The molecule has 0 fully saturated rings. The molecule has 23 heavy (non-hydrogen) atoms. The summed E-state index contributed by atoms with van der Waals surface area (Å²) >= 11 is 12.7. The molecule has 0 spiro atoms. The van der Waals surface area contributed by atoms with Crippen LogP contribution in [0.1, 0.15) is 6.92 Å². The van der Waals surface area contributed by atoms with Gasteiger partial charge < -0.3 is 9.67 Å². The molecule has 1 unspecified atom stereocenters. The molecule has 0 saturated heterocycles. The molecule has 0 amide bonds. The van der Waals surface area contributed by atoms with Crippen LogP contribution in [0.3, 0.4) is 0 Å². The maximum atomic E-state index is 12.2. The van der Waals surface area contributed by atoms with Crippen LogP contribution in [0.5, 0.6) is 0 Å². The van der Waals surface area contributed by atoms with Gasteiger partial charge in [-0.3, -0.25) is 14.3 Å². The molecule has 0 aliphatic heterocycles. The predicted octanol–water partition coefficient (Wildman–Crippen LogP) is 1.26. The van der Waals surface area contributed by atoms with Crippen molar-refractivity contribution in [3.8, 4) is 0 Å². The normalized spacial score (nSPS) is 13.7.